The highest BCUT2D eigenvalue weighted by Crippen LogP contribution is 2.45. The molecule has 12 rings (SSSR count). The number of hydrogen-bond donors (Lipinski definition) is 13. The number of aromatic amines is 5. The molecule has 4 saturated heterocycles. The zero-order valence-electron chi connectivity index (χ0n) is 62.5. The number of aromatic nitrogens is 16. The topological polar surface area (TPSA) is 456 Å². The summed E-state index contributed by atoms with van der Waals surface area (Å²) in [6.45, 7) is 22.6. The Labute approximate surface area is 631 Å². The summed E-state index contributed by atoms with van der Waals surface area (Å²) in [6, 6.07) is 0. The van der Waals surface area contributed by atoms with E-state index in [4.69, 9.17) is 31.2 Å². The number of thioether (sulfide) groups is 3. The largest absolute Gasteiger partial charge is 0.388 e. The van der Waals surface area contributed by atoms with Crippen molar-refractivity contribution in [2.45, 2.75) is 187 Å². The van der Waals surface area contributed by atoms with Crippen LogP contribution >= 0.6 is 75.0 Å². The van der Waals surface area contributed by atoms with Crippen LogP contribution in [0.3, 0.4) is 0 Å². The highest BCUT2D eigenvalue weighted by molar-refractivity contribution is 7.99. The van der Waals surface area contributed by atoms with Gasteiger partial charge in [0.05, 0.1) is 24.4 Å². The van der Waals surface area contributed by atoms with Crippen molar-refractivity contribution < 1.29 is 59.8 Å². The number of imidazole rings is 4. The Morgan fingerprint density at radius 1 is 0.415 bits per heavy atom. The molecule has 8 aromatic heterocycles. The highest BCUT2D eigenvalue weighted by atomic mass is 32.2. The maximum absolute atomic E-state index is 12.3. The van der Waals surface area contributed by atoms with Crippen LogP contribution < -0.4 is 22.2 Å². The molecule has 0 aromatic carbocycles. The molecule has 4 aliphatic rings. The first-order valence-electron chi connectivity index (χ1n) is 34.7. The molecule has 0 spiro atoms. The summed E-state index contributed by atoms with van der Waals surface area (Å²) in [6.07, 6.45) is 11.3. The van der Waals surface area contributed by atoms with E-state index in [0.717, 1.165) is 42.6 Å². The molecule has 40 heteroatoms. The van der Waals surface area contributed by atoms with Crippen molar-refractivity contribution in [3.63, 3.8) is 0 Å². The molecular formula is C66H104N16O16P4S4. The number of nitrogens with one attached hydrogen (secondary N) is 5. The fourth-order valence-corrected chi connectivity index (χ4v) is 18.9. The smallest absolute Gasteiger partial charge is 0.279 e. The zero-order chi connectivity index (χ0) is 78.3. The number of fused-ring (bicyclic) bond motifs is 4. The Hall–Kier alpha value is -4.61. The minimum Gasteiger partial charge on any atom is -0.388 e. The van der Waals surface area contributed by atoms with Gasteiger partial charge in [0.1, 0.15) is 72.1 Å². The van der Waals surface area contributed by atoms with Crippen LogP contribution in [0.4, 0.5) is 0 Å². The number of aliphatic hydroxyl groups is 8. The maximum atomic E-state index is 12.3. The predicted molar refractivity (Wildman–Crippen MR) is 433 cm³/mol. The molecule has 0 aliphatic carbocycles. The van der Waals surface area contributed by atoms with Crippen molar-refractivity contribution in [3.05, 3.63) is 69.5 Å². The molecule has 4 aliphatic heterocycles. The van der Waals surface area contributed by atoms with Crippen molar-refractivity contribution in [2.75, 3.05) is 95.7 Å². The van der Waals surface area contributed by atoms with E-state index in [-0.39, 0.29) is 49.1 Å². The molecule has 0 radical (unpaired) electrons. The Balaban J connectivity index is 0.000000164. The van der Waals surface area contributed by atoms with Crippen LogP contribution in [0, 0.1) is 32.5 Å². The number of nitrogens with zero attached hydrogens (tertiary/aromatic N) is 11. The van der Waals surface area contributed by atoms with Gasteiger partial charge in [-0.1, -0.05) is 49.1 Å². The van der Waals surface area contributed by atoms with Gasteiger partial charge in [0, 0.05) is 5.75 Å². The van der Waals surface area contributed by atoms with Gasteiger partial charge < -0.3 is 84.7 Å². The summed E-state index contributed by atoms with van der Waals surface area (Å²) in [7, 11) is 0. The van der Waals surface area contributed by atoms with Gasteiger partial charge in [-0.3, -0.25) is 37.4 Å². The zero-order valence-corrected chi connectivity index (χ0v) is 69.4. The minimum atomic E-state index is -1.27. The molecular weight excluding hydrogens is 1520 g/mol. The lowest BCUT2D eigenvalue weighted by Gasteiger charge is -2.19. The fourth-order valence-electron chi connectivity index (χ4n) is 12.6. The second kappa shape index (κ2) is 34.6. The van der Waals surface area contributed by atoms with Gasteiger partial charge >= 0.3 is 0 Å². The fraction of sp³-hybridized carbons (Fsp3) is 0.636. The summed E-state index contributed by atoms with van der Waals surface area (Å²) in [5, 5.41) is 86.0. The van der Waals surface area contributed by atoms with Gasteiger partial charge in [-0.05, 0) is 162 Å². The molecule has 0 amide bonds. The van der Waals surface area contributed by atoms with Crippen molar-refractivity contribution in [1.82, 2.24) is 78.1 Å². The molecule has 106 heavy (non-hydrogen) atoms. The molecule has 4 unspecified atom stereocenters. The number of ether oxygens (including phenoxy) is 4. The molecule has 13 N–H and O–H groups in total. The first kappa shape index (κ1) is 85.4. The Bertz CT molecular complexity index is 4990. The highest BCUT2D eigenvalue weighted by Gasteiger charge is 2.49. The molecule has 588 valence electrons. The Kier molecular flexibility index (Phi) is 27.8. The lowest BCUT2D eigenvalue weighted by Crippen LogP contribution is -2.32. The van der Waals surface area contributed by atoms with E-state index in [0.29, 0.717) is 87.0 Å². The van der Waals surface area contributed by atoms with Crippen LogP contribution in [-0.4, -0.2) is 313 Å². The predicted octanol–water partition coefficient (Wildman–Crippen LogP) is 4.58. The van der Waals surface area contributed by atoms with E-state index in [1.807, 2.05) is 13.2 Å². The van der Waals surface area contributed by atoms with Crippen LogP contribution in [-0.2, 0) is 18.9 Å². The van der Waals surface area contributed by atoms with Crippen molar-refractivity contribution >= 4 is 145 Å². The van der Waals surface area contributed by atoms with E-state index < -0.39 is 126 Å². The standard InChI is InChI=1S/C18H29N4O4PS.C17H27N4O4PS.C16H25N4O4PS.C15H23N4O4PS/c1-6-9-28-18-21-12-15(19-10(2)20-16(12)25)22(18)17-14(24)13(23)11(26-17)7-8-27(3,4)5;1-6-27-17-20-11-14(18-9(2)19-15(11)24)21(17)16-13(23)12(22)10(25-16)7-8-26(3,4)5;1-8-17-13-10(14(23)18-8)19-16(26-5)20(13)15-12(22)11(21)9(24-15)6-7-25(2,3)4;1-7-16-12-9(13(22)17-7)18-15(25)19(12)14-11(21)10(20)8(23-14)5-6-24(2,3)4/h11,13-14,17,23-24H,3,6-9H2,1-2,4-5H3,(H,19,20,25);10,12-13,16,22-23H,3,6-8H2,1-2,4-5H3,(H,18,19,24);9,11-12,15,21-22H,2,6-7H2,1,3-5H3,(H,17,18,23);8,10-11,14,20-21H,2,5-6H2,1,3-4H3,(H,18,25)(H,16,17,22)/t11-,13-,14-,17?;10-,12-,13-,16?;9-,11-,12-,15?;8-,10-,11-,14?/m1111/s1. The second-order valence-electron chi connectivity index (χ2n) is 29.9. The second-order valence-corrected chi connectivity index (χ2v) is 50.6. The molecule has 8 aromatic rings. The molecule has 16 atom stereocenters. The summed E-state index contributed by atoms with van der Waals surface area (Å²) < 4.78 is 30.6. The monoisotopic (exact) mass is 1630 g/mol. The summed E-state index contributed by atoms with van der Waals surface area (Å²) in [4.78, 5) is 92.9. The number of hydrogen-bond acceptors (Lipinski definition) is 27. The van der Waals surface area contributed by atoms with Gasteiger partial charge in [0.25, 0.3) is 22.2 Å². The van der Waals surface area contributed by atoms with Crippen molar-refractivity contribution in [2.24, 2.45) is 0 Å². The SMILES string of the molecule is C=P(C)(C)CC[C@H]1OC(n2c(=S)[nH]c3c(=O)[nH]c(C)nc32)[C@H](O)[C@@H]1O.C=P(C)(C)CC[C@H]1OC(n2c(SC)nc3c(=O)[nH]c(C)nc32)[C@H](O)[C@@H]1O.C=P(C)(C)CC[C@H]1OC(n2c(SCC)nc3c(=O)[nH]c(C)nc32)[C@H](O)[C@@H]1O.C=P(C)(C)CC[C@H]1OC(n2c(SCCC)nc3c(=O)[nH]c(C)nc32)[C@H](O)[C@@H]1O. The third kappa shape index (κ3) is 19.8. The average Bonchev–Trinajstić information content (AvgIpc) is 1.62. The minimum absolute atomic E-state index is 0.193. The van der Waals surface area contributed by atoms with E-state index in [1.54, 1.807) is 41.4 Å². The van der Waals surface area contributed by atoms with E-state index in [9.17, 15) is 60.0 Å². The first-order valence-corrected chi connectivity index (χ1v) is 50.5. The van der Waals surface area contributed by atoms with Gasteiger partial charge in [-0.15, -0.1) is 52.7 Å². The first-order chi connectivity index (χ1) is 49.4. The number of aliphatic hydroxyl groups excluding tert-OH is 8. The van der Waals surface area contributed by atoms with E-state index in [1.165, 1.54) is 39.9 Å². The van der Waals surface area contributed by atoms with Gasteiger partial charge in [-0.25, -0.2) is 34.9 Å². The van der Waals surface area contributed by atoms with Crippen LogP contribution in [0.1, 0.15) is 94.2 Å². The van der Waals surface area contributed by atoms with Crippen molar-refractivity contribution in [1.29, 1.82) is 0 Å². The quantitative estimate of drug-likeness (QED) is 0.0251. The molecule has 0 bridgehead atoms. The average molecular weight is 1630 g/mol. The van der Waals surface area contributed by atoms with Gasteiger partial charge in [0.15, 0.2) is 89.8 Å². The summed E-state index contributed by atoms with van der Waals surface area (Å²) in [5.74, 6) is 3.32. The lowest BCUT2D eigenvalue weighted by atomic mass is 10.1. The summed E-state index contributed by atoms with van der Waals surface area (Å²) >= 11 is 9.52. The number of H-pyrrole nitrogens is 5. The molecule has 4 fully saturated rings. The lowest BCUT2D eigenvalue weighted by molar-refractivity contribution is -0.0400. The number of aryl methyl sites for hydroxylation is 4. The van der Waals surface area contributed by atoms with Gasteiger partial charge in [0.2, 0.25) is 0 Å². The van der Waals surface area contributed by atoms with Crippen molar-refractivity contribution in [3.8, 4) is 0 Å². The van der Waals surface area contributed by atoms with Crippen LogP contribution in [0.15, 0.2) is 34.6 Å². The Morgan fingerprint density at radius 3 is 1.00 bits per heavy atom. The summed E-state index contributed by atoms with van der Waals surface area (Å²) in [5.41, 5.74) is 0.845. The molecule has 12 heterocycles. The van der Waals surface area contributed by atoms with Gasteiger partial charge in [-0.2, -0.15) is 0 Å². The molecule has 32 nitrogen and oxygen atoms in total. The maximum Gasteiger partial charge on any atom is 0.279 e. The van der Waals surface area contributed by atoms with E-state index in [2.05, 4.69) is 145 Å². The van der Waals surface area contributed by atoms with Crippen LogP contribution in [0.5, 0.6) is 0 Å². The van der Waals surface area contributed by atoms with E-state index >= 15 is 0 Å². The number of rotatable bonds is 22. The molecule has 0 saturated carbocycles. The Morgan fingerprint density at radius 2 is 0.698 bits per heavy atom. The third-order valence-corrected chi connectivity index (χ3v) is 26.8. The van der Waals surface area contributed by atoms with Crippen LogP contribution in [0.25, 0.3) is 44.7 Å². The van der Waals surface area contributed by atoms with Crippen LogP contribution in [0.2, 0.25) is 0 Å². The normalized spacial score (nSPS) is 26.4. The third-order valence-electron chi connectivity index (χ3n) is 17.9.